The average Bonchev–Trinajstić information content (AvgIpc) is 3.08. The minimum absolute atomic E-state index is 0.222. The minimum Gasteiger partial charge on any atom is -0.463 e. The van der Waals surface area contributed by atoms with E-state index in [1.807, 2.05) is 6.07 Å². The molecule has 1 amide bonds. The maximum atomic E-state index is 11.6. The Hall–Kier alpha value is -2.63. The number of aromatic nitrogens is 1. The van der Waals surface area contributed by atoms with Crippen LogP contribution < -0.4 is 0 Å². The summed E-state index contributed by atoms with van der Waals surface area (Å²) in [5.41, 5.74) is 0.711. The van der Waals surface area contributed by atoms with Crippen molar-refractivity contribution in [3.8, 4) is 0 Å². The zero-order valence-electron chi connectivity index (χ0n) is 10.2. The Morgan fingerprint density at radius 2 is 2.26 bits per heavy atom. The van der Waals surface area contributed by atoms with Gasteiger partial charge in [-0.15, -0.1) is 5.10 Å². The van der Waals surface area contributed by atoms with Gasteiger partial charge in [0.2, 0.25) is 11.8 Å². The highest BCUT2D eigenvalue weighted by Gasteiger charge is 2.34. The molecule has 1 unspecified atom stereocenters. The molecular weight excluding hydrogens is 246 g/mol. The van der Waals surface area contributed by atoms with Gasteiger partial charge in [0.15, 0.2) is 5.76 Å². The van der Waals surface area contributed by atoms with Gasteiger partial charge in [0, 0.05) is 19.3 Å². The van der Waals surface area contributed by atoms with E-state index in [1.165, 1.54) is 18.2 Å². The van der Waals surface area contributed by atoms with E-state index in [2.05, 4.69) is 10.1 Å². The van der Waals surface area contributed by atoms with Crippen molar-refractivity contribution in [2.45, 2.75) is 13.2 Å². The molecule has 19 heavy (non-hydrogen) atoms. The van der Waals surface area contributed by atoms with E-state index in [0.29, 0.717) is 17.2 Å². The maximum absolute atomic E-state index is 11.6. The van der Waals surface area contributed by atoms with Crippen molar-refractivity contribution in [3.05, 3.63) is 54.2 Å². The molecular formula is C13H11N3O3. The summed E-state index contributed by atoms with van der Waals surface area (Å²) in [6.07, 6.45) is 4.15. The van der Waals surface area contributed by atoms with Crippen molar-refractivity contribution < 1.29 is 13.9 Å². The van der Waals surface area contributed by atoms with Crippen molar-refractivity contribution in [2.75, 3.05) is 0 Å². The Morgan fingerprint density at radius 1 is 1.37 bits per heavy atom. The highest BCUT2D eigenvalue weighted by molar-refractivity contribution is 5.95. The van der Waals surface area contributed by atoms with Crippen molar-refractivity contribution >= 4 is 11.8 Å². The van der Waals surface area contributed by atoms with Crippen LogP contribution in [0.25, 0.3) is 0 Å². The lowest BCUT2D eigenvalue weighted by molar-refractivity contribution is -0.136. The molecule has 1 aliphatic heterocycles. The first-order chi connectivity index (χ1) is 9.25. The van der Waals surface area contributed by atoms with Gasteiger partial charge in [-0.1, -0.05) is 0 Å². The fourth-order valence-corrected chi connectivity index (χ4v) is 1.79. The normalized spacial score (nSPS) is 18.1. The van der Waals surface area contributed by atoms with Crippen LogP contribution in [-0.4, -0.2) is 21.8 Å². The topological polar surface area (TPSA) is 67.9 Å². The molecule has 0 bridgehead atoms. The number of ether oxygens (including phenoxy) is 1. The number of pyridine rings is 1. The molecule has 1 aliphatic rings. The van der Waals surface area contributed by atoms with Gasteiger partial charge in [-0.25, -0.2) is 0 Å². The third-order valence-corrected chi connectivity index (χ3v) is 2.66. The maximum Gasteiger partial charge on any atom is 0.254 e. The second-order valence-electron chi connectivity index (χ2n) is 4.00. The van der Waals surface area contributed by atoms with E-state index in [9.17, 15) is 4.79 Å². The predicted octanol–water partition coefficient (Wildman–Crippen LogP) is 1.91. The van der Waals surface area contributed by atoms with Crippen LogP contribution in [0.4, 0.5) is 0 Å². The molecule has 2 aromatic heterocycles. The van der Waals surface area contributed by atoms with Crippen molar-refractivity contribution in [1.29, 1.82) is 0 Å². The van der Waals surface area contributed by atoms with Gasteiger partial charge >= 0.3 is 0 Å². The Labute approximate surface area is 109 Å². The highest BCUT2D eigenvalue weighted by Crippen LogP contribution is 2.30. The SMILES string of the molecule is CC(=O)N1N=C(c2cccnc2)OC1c1ccco1. The quantitative estimate of drug-likeness (QED) is 0.824. The molecule has 0 radical (unpaired) electrons. The van der Waals surface area contributed by atoms with Crippen LogP contribution in [0.1, 0.15) is 24.5 Å². The van der Waals surface area contributed by atoms with Crippen molar-refractivity contribution in [3.63, 3.8) is 0 Å². The lowest BCUT2D eigenvalue weighted by Crippen LogP contribution is -2.24. The monoisotopic (exact) mass is 257 g/mol. The second kappa shape index (κ2) is 4.56. The van der Waals surface area contributed by atoms with Gasteiger partial charge in [-0.2, -0.15) is 5.01 Å². The zero-order valence-corrected chi connectivity index (χ0v) is 10.2. The molecule has 1 atom stereocenters. The fourth-order valence-electron chi connectivity index (χ4n) is 1.79. The standard InChI is InChI=1S/C13H11N3O3/c1-9(17)16-13(11-5-3-7-18-11)19-12(15-16)10-4-2-6-14-8-10/h2-8,13H,1H3. The molecule has 2 aromatic rings. The van der Waals surface area contributed by atoms with Crippen molar-refractivity contribution in [2.24, 2.45) is 5.10 Å². The van der Waals surface area contributed by atoms with E-state index < -0.39 is 6.23 Å². The first-order valence-corrected chi connectivity index (χ1v) is 5.74. The summed E-state index contributed by atoms with van der Waals surface area (Å²) >= 11 is 0. The molecule has 0 N–H and O–H groups in total. The van der Waals surface area contributed by atoms with Crippen LogP contribution >= 0.6 is 0 Å². The summed E-state index contributed by atoms with van der Waals surface area (Å²) < 4.78 is 11.0. The highest BCUT2D eigenvalue weighted by atomic mass is 16.5. The number of hydrazone groups is 1. The van der Waals surface area contributed by atoms with Crippen LogP contribution in [0.5, 0.6) is 0 Å². The summed E-state index contributed by atoms with van der Waals surface area (Å²) in [5.74, 6) is 0.655. The first kappa shape index (κ1) is 11.5. The summed E-state index contributed by atoms with van der Waals surface area (Å²) in [4.78, 5) is 15.6. The lowest BCUT2D eigenvalue weighted by atomic mass is 10.3. The Morgan fingerprint density at radius 3 is 2.89 bits per heavy atom. The van der Waals surface area contributed by atoms with Gasteiger partial charge < -0.3 is 9.15 Å². The Kier molecular flexibility index (Phi) is 2.75. The van der Waals surface area contributed by atoms with Crippen molar-refractivity contribution in [1.82, 2.24) is 9.99 Å². The molecule has 0 aliphatic carbocycles. The average molecular weight is 257 g/mol. The number of carbonyl (C=O) groups excluding carboxylic acids is 1. The Balaban J connectivity index is 1.94. The lowest BCUT2D eigenvalue weighted by Gasteiger charge is -2.16. The third kappa shape index (κ3) is 2.08. The molecule has 0 saturated carbocycles. The van der Waals surface area contributed by atoms with E-state index in [0.717, 1.165) is 0 Å². The minimum atomic E-state index is -0.664. The van der Waals surface area contributed by atoms with E-state index in [1.54, 1.807) is 30.6 Å². The number of rotatable bonds is 2. The molecule has 0 spiro atoms. The van der Waals surface area contributed by atoms with Gasteiger partial charge in [0.1, 0.15) is 0 Å². The number of hydrogen-bond acceptors (Lipinski definition) is 5. The zero-order chi connectivity index (χ0) is 13.2. The fraction of sp³-hybridized carbons (Fsp3) is 0.154. The predicted molar refractivity (Wildman–Crippen MR) is 65.8 cm³/mol. The molecule has 0 aromatic carbocycles. The van der Waals surface area contributed by atoms with E-state index in [-0.39, 0.29) is 5.91 Å². The molecule has 6 heteroatoms. The van der Waals surface area contributed by atoms with E-state index >= 15 is 0 Å². The first-order valence-electron chi connectivity index (χ1n) is 5.74. The van der Waals surface area contributed by atoms with Crippen LogP contribution in [0, 0.1) is 0 Å². The Bertz CT molecular complexity index is 607. The van der Waals surface area contributed by atoms with Crippen LogP contribution in [-0.2, 0) is 9.53 Å². The second-order valence-corrected chi connectivity index (χ2v) is 4.00. The third-order valence-electron chi connectivity index (χ3n) is 2.66. The van der Waals surface area contributed by atoms with Gasteiger partial charge in [-0.3, -0.25) is 9.78 Å². The molecule has 3 heterocycles. The van der Waals surface area contributed by atoms with Gasteiger partial charge in [0.05, 0.1) is 11.8 Å². The summed E-state index contributed by atoms with van der Waals surface area (Å²) in [7, 11) is 0. The summed E-state index contributed by atoms with van der Waals surface area (Å²) in [6.45, 7) is 1.43. The smallest absolute Gasteiger partial charge is 0.254 e. The summed E-state index contributed by atoms with van der Waals surface area (Å²) in [6, 6.07) is 7.07. The number of furan rings is 1. The molecule has 96 valence electrons. The molecule has 3 rings (SSSR count). The van der Waals surface area contributed by atoms with Crippen LogP contribution in [0.3, 0.4) is 0 Å². The van der Waals surface area contributed by atoms with Crippen LogP contribution in [0.2, 0.25) is 0 Å². The molecule has 6 nitrogen and oxygen atoms in total. The molecule has 0 saturated heterocycles. The molecule has 0 fully saturated rings. The summed E-state index contributed by atoms with van der Waals surface area (Å²) in [5, 5.41) is 5.42. The number of hydrogen-bond donors (Lipinski definition) is 0. The van der Waals surface area contributed by atoms with Gasteiger partial charge in [-0.05, 0) is 24.3 Å². The van der Waals surface area contributed by atoms with Crippen LogP contribution in [0.15, 0.2) is 52.4 Å². The van der Waals surface area contributed by atoms with Gasteiger partial charge in [0.25, 0.3) is 6.23 Å². The number of amides is 1. The number of nitrogens with zero attached hydrogens (tertiary/aromatic N) is 3. The largest absolute Gasteiger partial charge is 0.463 e. The van der Waals surface area contributed by atoms with E-state index in [4.69, 9.17) is 9.15 Å². The number of carbonyl (C=O) groups is 1.